The summed E-state index contributed by atoms with van der Waals surface area (Å²) in [7, 11) is 0. The maximum Gasteiger partial charge on any atom is 0.245 e. The third kappa shape index (κ3) is 3.11. The third-order valence-corrected chi connectivity index (χ3v) is 2.91. The van der Waals surface area contributed by atoms with Crippen molar-refractivity contribution < 1.29 is 9.90 Å². The zero-order valence-corrected chi connectivity index (χ0v) is 10.6. The molecule has 1 atom stereocenters. The molecule has 0 aliphatic carbocycles. The second-order valence-corrected chi connectivity index (χ2v) is 4.38. The van der Waals surface area contributed by atoms with Crippen molar-refractivity contribution in [3.63, 3.8) is 0 Å². The van der Waals surface area contributed by atoms with Crippen molar-refractivity contribution >= 4 is 11.6 Å². The van der Waals surface area contributed by atoms with Gasteiger partial charge in [0.2, 0.25) is 5.91 Å². The van der Waals surface area contributed by atoms with Gasteiger partial charge in [-0.3, -0.25) is 4.79 Å². The number of anilines is 1. The van der Waals surface area contributed by atoms with Crippen LogP contribution in [0.25, 0.3) is 0 Å². The molecule has 19 heavy (non-hydrogen) atoms. The Kier molecular flexibility index (Phi) is 3.82. The molecular weight excluding hydrogens is 240 g/mol. The molecular formula is C15H16N2O2. The van der Waals surface area contributed by atoms with Crippen molar-refractivity contribution in [2.45, 2.75) is 13.0 Å². The molecule has 1 amide bonds. The minimum absolute atomic E-state index is 0.199. The predicted octanol–water partition coefficient (Wildman–Crippen LogP) is 2.34. The molecule has 0 radical (unpaired) electrons. The van der Waals surface area contributed by atoms with Gasteiger partial charge in [-0.1, -0.05) is 30.3 Å². The monoisotopic (exact) mass is 256 g/mol. The SMILES string of the molecule is Cc1cc(NC(=O)C(N)c2ccccc2)ccc1O. The fourth-order valence-electron chi connectivity index (χ4n) is 1.76. The van der Waals surface area contributed by atoms with Gasteiger partial charge in [-0.25, -0.2) is 0 Å². The van der Waals surface area contributed by atoms with Gasteiger partial charge in [-0.05, 0) is 36.2 Å². The molecule has 0 aromatic heterocycles. The van der Waals surface area contributed by atoms with Crippen LogP contribution in [-0.2, 0) is 4.79 Å². The van der Waals surface area contributed by atoms with Crippen molar-refractivity contribution in [2.75, 3.05) is 5.32 Å². The zero-order valence-electron chi connectivity index (χ0n) is 10.6. The second kappa shape index (κ2) is 5.54. The van der Waals surface area contributed by atoms with Crippen LogP contribution in [0.3, 0.4) is 0 Å². The van der Waals surface area contributed by atoms with Crippen molar-refractivity contribution in [1.29, 1.82) is 0 Å². The van der Waals surface area contributed by atoms with Gasteiger partial charge in [0.1, 0.15) is 11.8 Å². The summed E-state index contributed by atoms with van der Waals surface area (Å²) in [4.78, 5) is 12.0. The molecule has 4 N–H and O–H groups in total. The number of aryl methyl sites for hydroxylation is 1. The Morgan fingerprint density at radius 3 is 2.53 bits per heavy atom. The molecule has 0 saturated heterocycles. The molecule has 2 aromatic carbocycles. The van der Waals surface area contributed by atoms with E-state index in [0.29, 0.717) is 11.3 Å². The van der Waals surface area contributed by atoms with Crippen LogP contribution in [-0.4, -0.2) is 11.0 Å². The standard InChI is InChI=1S/C15H16N2O2/c1-10-9-12(7-8-13(10)18)17-15(19)14(16)11-5-3-2-4-6-11/h2-9,14,18H,16H2,1H3,(H,17,19). The van der Waals surface area contributed by atoms with Crippen LogP contribution >= 0.6 is 0 Å². The molecule has 4 nitrogen and oxygen atoms in total. The zero-order chi connectivity index (χ0) is 13.8. The summed E-state index contributed by atoms with van der Waals surface area (Å²) in [6.45, 7) is 1.77. The first-order valence-electron chi connectivity index (χ1n) is 5.99. The first-order chi connectivity index (χ1) is 9.08. The lowest BCUT2D eigenvalue weighted by Crippen LogP contribution is -2.27. The highest BCUT2D eigenvalue weighted by molar-refractivity contribution is 5.95. The van der Waals surface area contributed by atoms with E-state index in [0.717, 1.165) is 5.56 Å². The fraction of sp³-hybridized carbons (Fsp3) is 0.133. The molecule has 0 fully saturated rings. The highest BCUT2D eigenvalue weighted by atomic mass is 16.3. The van der Waals surface area contributed by atoms with Crippen LogP contribution in [0, 0.1) is 6.92 Å². The first kappa shape index (κ1) is 13.1. The van der Waals surface area contributed by atoms with Crippen molar-refractivity contribution in [3.05, 3.63) is 59.7 Å². The van der Waals surface area contributed by atoms with E-state index < -0.39 is 6.04 Å². The number of nitrogens with two attached hydrogens (primary N) is 1. The number of benzene rings is 2. The number of carbonyl (C=O) groups is 1. The Morgan fingerprint density at radius 2 is 1.89 bits per heavy atom. The lowest BCUT2D eigenvalue weighted by Gasteiger charge is -2.13. The summed E-state index contributed by atoms with van der Waals surface area (Å²) in [5, 5.41) is 12.2. The van der Waals surface area contributed by atoms with Gasteiger partial charge in [0, 0.05) is 5.69 Å². The Hall–Kier alpha value is -2.33. The lowest BCUT2D eigenvalue weighted by atomic mass is 10.1. The quantitative estimate of drug-likeness (QED) is 0.738. The van der Waals surface area contributed by atoms with Crippen molar-refractivity contribution in [3.8, 4) is 5.75 Å². The molecule has 0 saturated carbocycles. The molecule has 0 bridgehead atoms. The molecule has 0 aliphatic rings. The summed E-state index contributed by atoms with van der Waals surface area (Å²) in [6.07, 6.45) is 0. The molecule has 0 heterocycles. The molecule has 1 unspecified atom stereocenters. The van der Waals surface area contributed by atoms with Crippen LogP contribution in [0.5, 0.6) is 5.75 Å². The highest BCUT2D eigenvalue weighted by Gasteiger charge is 2.15. The normalized spacial score (nSPS) is 11.9. The number of amides is 1. The smallest absolute Gasteiger partial charge is 0.245 e. The Labute approximate surface area is 111 Å². The number of hydrogen-bond donors (Lipinski definition) is 3. The number of phenolic OH excluding ortho intramolecular Hbond substituents is 1. The van der Waals surface area contributed by atoms with E-state index in [2.05, 4.69) is 5.32 Å². The van der Waals surface area contributed by atoms with E-state index in [1.54, 1.807) is 25.1 Å². The molecule has 0 aliphatic heterocycles. The van der Waals surface area contributed by atoms with Crippen LogP contribution < -0.4 is 11.1 Å². The fourth-order valence-corrected chi connectivity index (χ4v) is 1.76. The number of hydrogen-bond acceptors (Lipinski definition) is 3. The van der Waals surface area contributed by atoms with Crippen molar-refractivity contribution in [2.24, 2.45) is 5.73 Å². The maximum absolute atomic E-state index is 12.0. The van der Waals surface area contributed by atoms with E-state index in [-0.39, 0.29) is 11.7 Å². The summed E-state index contributed by atoms with van der Waals surface area (Å²) < 4.78 is 0. The van der Waals surface area contributed by atoms with E-state index >= 15 is 0 Å². The summed E-state index contributed by atoms with van der Waals surface area (Å²) in [6, 6.07) is 13.3. The van der Waals surface area contributed by atoms with Crippen LogP contribution in [0.15, 0.2) is 48.5 Å². The maximum atomic E-state index is 12.0. The molecule has 2 rings (SSSR count). The van der Waals surface area contributed by atoms with Crippen LogP contribution in [0.1, 0.15) is 17.2 Å². The second-order valence-electron chi connectivity index (χ2n) is 4.38. The minimum Gasteiger partial charge on any atom is -0.508 e. The number of phenols is 1. The van der Waals surface area contributed by atoms with E-state index in [4.69, 9.17) is 5.73 Å². The van der Waals surface area contributed by atoms with Gasteiger partial charge < -0.3 is 16.2 Å². The Morgan fingerprint density at radius 1 is 1.21 bits per heavy atom. The van der Waals surface area contributed by atoms with E-state index in [1.165, 1.54) is 0 Å². The Bertz CT molecular complexity index is 582. The number of aromatic hydroxyl groups is 1. The van der Waals surface area contributed by atoms with Crippen molar-refractivity contribution in [1.82, 2.24) is 0 Å². The lowest BCUT2D eigenvalue weighted by molar-refractivity contribution is -0.117. The van der Waals surface area contributed by atoms with Crippen LogP contribution in [0.4, 0.5) is 5.69 Å². The Balaban J connectivity index is 2.10. The summed E-state index contributed by atoms with van der Waals surface area (Å²) >= 11 is 0. The van der Waals surface area contributed by atoms with Gasteiger partial charge in [0.05, 0.1) is 0 Å². The summed E-state index contributed by atoms with van der Waals surface area (Å²) in [5.41, 5.74) is 7.97. The van der Waals surface area contributed by atoms with Gasteiger partial charge in [-0.2, -0.15) is 0 Å². The third-order valence-electron chi connectivity index (χ3n) is 2.91. The van der Waals surface area contributed by atoms with E-state index in [9.17, 15) is 9.90 Å². The predicted molar refractivity (Wildman–Crippen MR) is 74.8 cm³/mol. The van der Waals surface area contributed by atoms with Crippen LogP contribution in [0.2, 0.25) is 0 Å². The van der Waals surface area contributed by atoms with Gasteiger partial charge in [0.25, 0.3) is 0 Å². The van der Waals surface area contributed by atoms with Gasteiger partial charge in [0.15, 0.2) is 0 Å². The first-order valence-corrected chi connectivity index (χ1v) is 5.99. The minimum atomic E-state index is -0.713. The number of nitrogens with one attached hydrogen (secondary N) is 1. The topological polar surface area (TPSA) is 75.4 Å². The molecule has 4 heteroatoms. The van der Waals surface area contributed by atoms with Gasteiger partial charge >= 0.3 is 0 Å². The van der Waals surface area contributed by atoms with Gasteiger partial charge in [-0.15, -0.1) is 0 Å². The molecule has 2 aromatic rings. The average molecular weight is 256 g/mol. The summed E-state index contributed by atoms with van der Waals surface area (Å²) in [5.74, 6) is -0.0818. The highest BCUT2D eigenvalue weighted by Crippen LogP contribution is 2.21. The largest absolute Gasteiger partial charge is 0.508 e. The molecule has 98 valence electrons. The molecule has 0 spiro atoms. The number of rotatable bonds is 3. The average Bonchev–Trinajstić information content (AvgIpc) is 2.43. The van der Waals surface area contributed by atoms with E-state index in [1.807, 2.05) is 30.3 Å². The number of carbonyl (C=O) groups excluding carboxylic acids is 1.